The molecule has 0 unspecified atom stereocenters. The molecule has 11 nitrogen and oxygen atoms in total. The lowest BCUT2D eigenvalue weighted by Gasteiger charge is -2.19. The van der Waals surface area contributed by atoms with Gasteiger partial charge in [-0.1, -0.05) is 11.3 Å². The first kappa shape index (κ1) is 27.2. The molecule has 1 aliphatic heterocycles. The van der Waals surface area contributed by atoms with Gasteiger partial charge in [0.25, 0.3) is 5.91 Å². The molecule has 1 aromatic carbocycles. The van der Waals surface area contributed by atoms with Gasteiger partial charge in [-0.2, -0.15) is 4.31 Å². The first-order chi connectivity index (χ1) is 17.6. The highest BCUT2D eigenvalue weighted by Gasteiger charge is 2.28. The number of methoxy groups -OCH3 is 1. The highest BCUT2D eigenvalue weighted by atomic mass is 32.2. The molecule has 0 N–H and O–H groups in total. The van der Waals surface area contributed by atoms with Crippen LogP contribution in [0.3, 0.4) is 0 Å². The molecule has 1 aliphatic rings. The van der Waals surface area contributed by atoms with Gasteiger partial charge in [0.1, 0.15) is 22.0 Å². The molecule has 200 valence electrons. The summed E-state index contributed by atoms with van der Waals surface area (Å²) in [5, 5.41) is 10.2. The Morgan fingerprint density at radius 1 is 1.11 bits per heavy atom. The molecule has 0 bridgehead atoms. The average molecular weight is 549 g/mol. The minimum Gasteiger partial charge on any atom is -0.497 e. The molecule has 3 aromatic rings. The van der Waals surface area contributed by atoms with E-state index in [9.17, 15) is 13.2 Å². The highest BCUT2D eigenvalue weighted by molar-refractivity contribution is 7.89. The molecule has 4 rings (SSSR count). The summed E-state index contributed by atoms with van der Waals surface area (Å²) in [6.45, 7) is 6.56. The Kier molecular flexibility index (Phi) is 8.26. The zero-order valence-corrected chi connectivity index (χ0v) is 23.4. The topological polar surface area (TPSA) is 122 Å². The van der Waals surface area contributed by atoms with Gasteiger partial charge in [-0.3, -0.25) is 9.69 Å². The van der Waals surface area contributed by atoms with Gasteiger partial charge in [-0.05, 0) is 63.0 Å². The number of amides is 1. The van der Waals surface area contributed by atoms with Crippen LogP contribution < -0.4 is 4.74 Å². The molecule has 13 heteroatoms. The minimum absolute atomic E-state index is 0.0990. The molecule has 0 atom stereocenters. The van der Waals surface area contributed by atoms with Gasteiger partial charge in [-0.25, -0.2) is 13.4 Å². The molecule has 2 aromatic heterocycles. The molecule has 1 fully saturated rings. The van der Waals surface area contributed by atoms with Crippen molar-refractivity contribution in [3.05, 3.63) is 51.1 Å². The fourth-order valence-electron chi connectivity index (χ4n) is 4.37. The van der Waals surface area contributed by atoms with Crippen molar-refractivity contribution in [1.82, 2.24) is 29.3 Å². The van der Waals surface area contributed by atoms with E-state index in [0.717, 1.165) is 34.0 Å². The zero-order chi connectivity index (χ0) is 26.7. The molecule has 3 heterocycles. The van der Waals surface area contributed by atoms with Gasteiger partial charge in [0.15, 0.2) is 5.69 Å². The van der Waals surface area contributed by atoms with Crippen LogP contribution in [-0.4, -0.2) is 77.9 Å². The number of oxazole rings is 1. The van der Waals surface area contributed by atoms with Crippen LogP contribution in [0.15, 0.2) is 27.7 Å². The average Bonchev–Trinajstić information content (AvgIpc) is 3.61. The zero-order valence-electron chi connectivity index (χ0n) is 21.7. The van der Waals surface area contributed by atoms with Gasteiger partial charge in [-0.15, -0.1) is 10.2 Å². The predicted molar refractivity (Wildman–Crippen MR) is 138 cm³/mol. The maximum absolute atomic E-state index is 13.3. The van der Waals surface area contributed by atoms with Crippen LogP contribution in [0.4, 0.5) is 0 Å². The van der Waals surface area contributed by atoms with Crippen molar-refractivity contribution in [3.8, 4) is 5.75 Å². The lowest BCUT2D eigenvalue weighted by Crippen LogP contribution is -2.28. The van der Waals surface area contributed by atoms with Gasteiger partial charge in [0.05, 0.1) is 31.6 Å². The Balaban J connectivity index is 1.39. The van der Waals surface area contributed by atoms with Crippen LogP contribution in [0.2, 0.25) is 0 Å². The van der Waals surface area contributed by atoms with E-state index in [-0.39, 0.29) is 28.9 Å². The Labute approximate surface area is 221 Å². The number of likely N-dealkylation sites (tertiary alicyclic amines) is 1. The Hall–Kier alpha value is -2.87. The second-order valence-electron chi connectivity index (χ2n) is 9.21. The molecule has 0 spiro atoms. The maximum Gasteiger partial charge on any atom is 0.275 e. The molecule has 1 saturated heterocycles. The summed E-state index contributed by atoms with van der Waals surface area (Å²) < 4.78 is 38.4. The number of rotatable bonds is 10. The summed E-state index contributed by atoms with van der Waals surface area (Å²) in [6, 6.07) is 3.36. The Morgan fingerprint density at radius 2 is 1.76 bits per heavy atom. The monoisotopic (exact) mass is 548 g/mol. The third-order valence-corrected chi connectivity index (χ3v) is 9.25. The van der Waals surface area contributed by atoms with Crippen molar-refractivity contribution in [1.29, 1.82) is 0 Å². The third kappa shape index (κ3) is 6.17. The van der Waals surface area contributed by atoms with E-state index in [1.165, 1.54) is 49.5 Å². The van der Waals surface area contributed by atoms with Crippen LogP contribution in [0, 0.1) is 13.8 Å². The smallest absolute Gasteiger partial charge is 0.275 e. The van der Waals surface area contributed by atoms with Crippen molar-refractivity contribution >= 4 is 27.3 Å². The summed E-state index contributed by atoms with van der Waals surface area (Å²) in [6.07, 6.45) is 3.67. The van der Waals surface area contributed by atoms with Gasteiger partial charge in [0, 0.05) is 14.1 Å². The summed E-state index contributed by atoms with van der Waals surface area (Å²) in [5.74, 6) is 0.363. The van der Waals surface area contributed by atoms with Gasteiger partial charge >= 0.3 is 0 Å². The predicted octanol–water partition coefficient (Wildman–Crippen LogP) is 2.84. The maximum atomic E-state index is 13.3. The Morgan fingerprint density at radius 3 is 2.41 bits per heavy atom. The van der Waals surface area contributed by atoms with Crippen molar-refractivity contribution in [3.63, 3.8) is 0 Å². The first-order valence-corrected chi connectivity index (χ1v) is 14.2. The van der Waals surface area contributed by atoms with E-state index in [1.54, 1.807) is 33.0 Å². The van der Waals surface area contributed by atoms with E-state index in [0.29, 0.717) is 23.4 Å². The lowest BCUT2D eigenvalue weighted by molar-refractivity contribution is 0.0779. The van der Waals surface area contributed by atoms with Gasteiger partial charge in [0.2, 0.25) is 15.9 Å². The number of benzene rings is 1. The molecular weight excluding hydrogens is 516 g/mol. The second kappa shape index (κ2) is 11.3. The summed E-state index contributed by atoms with van der Waals surface area (Å²) in [4.78, 5) is 21.2. The van der Waals surface area contributed by atoms with Gasteiger partial charge < -0.3 is 14.1 Å². The number of aryl methyl sites for hydroxylation is 2. The molecule has 0 aliphatic carbocycles. The fourth-order valence-corrected chi connectivity index (χ4v) is 6.83. The number of hydrogen-bond acceptors (Lipinski definition) is 10. The number of nitrogens with zero attached hydrogens (tertiary/aromatic N) is 6. The normalized spacial score (nSPS) is 14.4. The number of carbonyl (C=O) groups excluding carboxylic acids is 1. The van der Waals surface area contributed by atoms with Crippen molar-refractivity contribution < 1.29 is 22.4 Å². The lowest BCUT2D eigenvalue weighted by atomic mass is 10.1. The minimum atomic E-state index is -3.83. The summed E-state index contributed by atoms with van der Waals surface area (Å²) in [7, 11) is 0.809. The summed E-state index contributed by atoms with van der Waals surface area (Å²) >= 11 is 1.50. The molecular formula is C24H32N6O5S2. The summed E-state index contributed by atoms with van der Waals surface area (Å²) in [5.41, 5.74) is 1.25. The molecule has 0 saturated carbocycles. The van der Waals surface area contributed by atoms with E-state index in [4.69, 9.17) is 9.15 Å². The van der Waals surface area contributed by atoms with Crippen LogP contribution in [0.1, 0.15) is 50.4 Å². The molecule has 0 radical (unpaired) electrons. The van der Waals surface area contributed by atoms with E-state index in [1.807, 2.05) is 0 Å². The number of hydrogen-bond donors (Lipinski definition) is 0. The van der Waals surface area contributed by atoms with E-state index in [2.05, 4.69) is 20.1 Å². The van der Waals surface area contributed by atoms with Crippen LogP contribution in [-0.2, 0) is 29.7 Å². The highest BCUT2D eigenvalue weighted by Crippen LogP contribution is 2.28. The number of ether oxygens (including phenoxy) is 1. The molecule has 37 heavy (non-hydrogen) atoms. The third-order valence-electron chi connectivity index (χ3n) is 6.25. The van der Waals surface area contributed by atoms with Crippen LogP contribution >= 0.6 is 11.3 Å². The van der Waals surface area contributed by atoms with Crippen LogP contribution in [0.5, 0.6) is 5.75 Å². The SMILES string of the molecule is COc1cc(C)c(S(=O)(=O)N(C)Cc2nc(C(=O)N(C)Cc3nnc(CN4CCCC4)s3)co2)c(C)c1. The van der Waals surface area contributed by atoms with Crippen molar-refractivity contribution in [2.24, 2.45) is 0 Å². The molecule has 1 amide bonds. The van der Waals surface area contributed by atoms with Crippen molar-refractivity contribution in [2.45, 2.75) is 51.2 Å². The quantitative estimate of drug-likeness (QED) is 0.376. The first-order valence-electron chi connectivity index (χ1n) is 11.9. The van der Waals surface area contributed by atoms with Crippen LogP contribution in [0.25, 0.3) is 0 Å². The number of carbonyl (C=O) groups is 1. The van der Waals surface area contributed by atoms with Crippen molar-refractivity contribution in [2.75, 3.05) is 34.3 Å². The Bertz CT molecular complexity index is 1340. The fraction of sp³-hybridized carbons (Fsp3) is 0.500. The van der Waals surface area contributed by atoms with E-state index >= 15 is 0 Å². The number of aromatic nitrogens is 3. The largest absolute Gasteiger partial charge is 0.497 e. The second-order valence-corrected chi connectivity index (χ2v) is 12.3. The standard InChI is InChI=1S/C24H32N6O5S2/c1-16-10-18(34-5)11-17(2)23(16)37(32,33)29(4)12-20-25-19(15-35-20)24(31)28(3)13-21-26-27-22(36-21)14-30-8-6-7-9-30/h10-11,15H,6-9,12-14H2,1-5H3. The number of sulfonamides is 1. The van der Waals surface area contributed by atoms with E-state index < -0.39 is 10.0 Å².